The minimum absolute atomic E-state index is 0.287. The quantitative estimate of drug-likeness (QED) is 0.119. The van der Waals surface area contributed by atoms with Crippen molar-refractivity contribution in [3.63, 3.8) is 0 Å². The average molecular weight is 1570 g/mol. The zero-order valence-electron chi connectivity index (χ0n) is 51.2. The Morgan fingerprint density at radius 2 is 0.660 bits per heavy atom. The molecule has 14 aromatic heterocycles. The van der Waals surface area contributed by atoms with Crippen LogP contribution in [0, 0.1) is 0 Å². The molecule has 0 saturated heterocycles. The van der Waals surface area contributed by atoms with Crippen molar-refractivity contribution in [3.05, 3.63) is 293 Å². The summed E-state index contributed by atoms with van der Waals surface area (Å²) in [5, 5.41) is 22.3. The molecule has 100 heavy (non-hydrogen) atoms. The van der Waals surface area contributed by atoms with E-state index in [0.29, 0.717) is 25.9 Å². The smallest absolute Gasteiger partial charge is 0.224 e. The van der Waals surface area contributed by atoms with Crippen LogP contribution in [0.4, 0.5) is 0 Å². The summed E-state index contributed by atoms with van der Waals surface area (Å²) in [6.07, 6.45) is 4.89. The molecule has 19 aromatic rings. The van der Waals surface area contributed by atoms with E-state index in [0.717, 1.165) is 106 Å². The molecule has 0 radical (unpaired) electrons. The number of pyridine rings is 2. The Morgan fingerprint density at radius 1 is 0.230 bits per heavy atom. The van der Waals surface area contributed by atoms with E-state index in [1.54, 1.807) is 104 Å². The Labute approximate surface area is 634 Å². The molecule has 0 fully saturated rings. The van der Waals surface area contributed by atoms with Crippen molar-refractivity contribution >= 4 is 232 Å². The molecular formula is C74H43Cl7N12S7. The van der Waals surface area contributed by atoms with Gasteiger partial charge >= 0.3 is 0 Å². The average Bonchev–Trinajstić information content (AvgIpc) is 1.48. The summed E-state index contributed by atoms with van der Waals surface area (Å²) in [5.41, 5.74) is 12.4. The number of aromatic nitrogens is 12. The van der Waals surface area contributed by atoms with Crippen LogP contribution in [0.3, 0.4) is 0 Å². The van der Waals surface area contributed by atoms with Gasteiger partial charge in [0.25, 0.3) is 0 Å². The van der Waals surface area contributed by atoms with E-state index in [1.165, 1.54) is 21.4 Å². The van der Waals surface area contributed by atoms with Crippen LogP contribution in [-0.4, -0.2) is 59.8 Å². The Bertz CT molecular complexity index is 5610. The van der Waals surface area contributed by atoms with Gasteiger partial charge < -0.3 is 0 Å². The van der Waals surface area contributed by atoms with Crippen molar-refractivity contribution in [3.8, 4) is 56.0 Å². The molecular weight excluding hydrogens is 1530 g/mol. The van der Waals surface area contributed by atoms with E-state index in [4.69, 9.17) is 81.2 Å². The minimum atomic E-state index is 0.287. The number of hydrogen-bond acceptors (Lipinski definition) is 19. The number of hydrogen-bond donors (Lipinski definition) is 0. The van der Waals surface area contributed by atoms with Crippen LogP contribution in [0.2, 0.25) is 36.5 Å². The van der Waals surface area contributed by atoms with E-state index < -0.39 is 0 Å². The summed E-state index contributed by atoms with van der Waals surface area (Å²) in [7, 11) is 0. The summed E-state index contributed by atoms with van der Waals surface area (Å²) in [4.78, 5) is 55.8. The molecule has 0 N–H and O–H groups in total. The molecule has 0 aliphatic carbocycles. The van der Waals surface area contributed by atoms with Gasteiger partial charge in [-0.2, -0.15) is 0 Å². The van der Waals surface area contributed by atoms with Crippen molar-refractivity contribution in [1.82, 2.24) is 59.8 Å². The van der Waals surface area contributed by atoms with Gasteiger partial charge in [-0.3, -0.25) is 4.98 Å². The van der Waals surface area contributed by atoms with Crippen LogP contribution in [-0.2, 0) is 0 Å². The van der Waals surface area contributed by atoms with E-state index in [-0.39, 0.29) is 10.6 Å². The van der Waals surface area contributed by atoms with Crippen LogP contribution >= 0.6 is 161 Å². The lowest BCUT2D eigenvalue weighted by atomic mass is 10.0. The number of rotatable bonds is 5. The highest BCUT2D eigenvalue weighted by Gasteiger charge is 2.14. The van der Waals surface area contributed by atoms with Gasteiger partial charge in [-0.15, -0.1) is 79.4 Å². The topological polar surface area (TPSA) is 155 Å². The molecule has 5 aromatic carbocycles. The lowest BCUT2D eigenvalue weighted by molar-refractivity contribution is 1.24. The second kappa shape index (κ2) is 33.8. The normalized spacial score (nSPS) is 10.8. The predicted octanol–water partition coefficient (Wildman–Crippen LogP) is 26.0. The third kappa shape index (κ3) is 18.0. The Balaban J connectivity index is 0.000000108. The molecule has 12 nitrogen and oxygen atoms in total. The van der Waals surface area contributed by atoms with Crippen LogP contribution in [0.25, 0.3) is 128 Å². The van der Waals surface area contributed by atoms with Crippen molar-refractivity contribution in [2.75, 3.05) is 0 Å². The minimum Gasteiger partial charge on any atom is -0.250 e. The van der Waals surface area contributed by atoms with Gasteiger partial charge in [0.2, 0.25) is 15.9 Å². The third-order valence-corrected chi connectivity index (χ3v) is 21.3. The Hall–Kier alpha value is -8.45. The largest absolute Gasteiger partial charge is 0.250 e. The first-order valence-electron chi connectivity index (χ1n) is 29.7. The lowest BCUT2D eigenvalue weighted by Gasteiger charge is -2.07. The molecule has 19 rings (SSSR count). The molecule has 0 aliphatic heterocycles. The van der Waals surface area contributed by atoms with Gasteiger partial charge in [0.1, 0.15) is 55.1 Å². The van der Waals surface area contributed by atoms with Gasteiger partial charge in [-0.25, -0.2) is 54.8 Å². The van der Waals surface area contributed by atoms with Gasteiger partial charge in [-0.1, -0.05) is 180 Å². The zero-order chi connectivity index (χ0) is 68.7. The first kappa shape index (κ1) is 70.0. The molecule has 14 heterocycles. The van der Waals surface area contributed by atoms with Crippen molar-refractivity contribution in [1.29, 1.82) is 0 Å². The van der Waals surface area contributed by atoms with Crippen molar-refractivity contribution < 1.29 is 0 Å². The number of nitrogens with zero attached hydrogens (tertiary/aromatic N) is 12. The van der Waals surface area contributed by atoms with Crippen molar-refractivity contribution in [2.24, 2.45) is 0 Å². The fraction of sp³-hybridized carbons (Fsp3) is 0. The SMILES string of the molecule is Clc1cc2sccc2cn1.Clc1ccc2ccsc2n1.Clc1cnc2ccsc2n1.Clc1cnc2sccc2n1.Clc1nc(-c2ccc(-c3ccccc3)cc2)c2ccsc2n1.Clc1nc(-c2cccc(-c3ccccc3)c2)c2ccsc2n1.Clc1nc(-c2ccccc2)c2ccsc2n1. The van der Waals surface area contributed by atoms with Crippen LogP contribution in [0.5, 0.6) is 0 Å². The first-order chi connectivity index (χ1) is 48.9. The standard InChI is InChI=1S/2C18H11ClN2S.C12H7ClN2S.2C7H4ClNS.2C6H3ClN2S/c19-18-20-16(15-9-10-22-17(15)21-18)14-8-4-7-13(11-14)12-5-2-1-3-6-12;19-18-20-16(15-10-11-22-17(15)21-18)14-8-6-13(7-9-14)12-4-2-1-3-5-12;13-12-14-10(8-4-2-1-3-5-8)9-6-7-16-11(9)15-12;8-7-3-6-5(4-9-7)1-2-10-6;8-6-2-1-5-3-4-10-7(5)9-6;7-5-3-8-6-4(9-5)1-2-10-6;7-5-3-8-4-1-2-10-6(4)9-5/h2*1-11H;1-7H;2*1-4H;2*1-3H. The Kier molecular flexibility index (Phi) is 23.7. The molecule has 0 bridgehead atoms. The Morgan fingerprint density at radius 3 is 1.28 bits per heavy atom. The van der Waals surface area contributed by atoms with E-state index in [1.807, 2.05) is 165 Å². The van der Waals surface area contributed by atoms with Gasteiger partial charge in [-0.05, 0) is 161 Å². The summed E-state index contributed by atoms with van der Waals surface area (Å²) in [5.74, 6) is 0. The number of fused-ring (bicyclic) bond motifs is 7. The summed E-state index contributed by atoms with van der Waals surface area (Å²) < 4.78 is 1.19. The second-order valence-electron chi connectivity index (χ2n) is 20.7. The highest BCUT2D eigenvalue weighted by atomic mass is 35.5. The van der Waals surface area contributed by atoms with E-state index in [2.05, 4.69) is 127 Å². The van der Waals surface area contributed by atoms with E-state index in [9.17, 15) is 0 Å². The number of halogens is 7. The molecule has 0 spiro atoms. The molecule has 0 saturated carbocycles. The zero-order valence-corrected chi connectivity index (χ0v) is 62.2. The number of thiophene rings is 7. The fourth-order valence-electron chi connectivity index (χ4n) is 9.78. The maximum Gasteiger partial charge on any atom is 0.224 e. The monoisotopic (exact) mass is 1570 g/mol. The van der Waals surface area contributed by atoms with Gasteiger partial charge in [0.15, 0.2) is 0 Å². The lowest BCUT2D eigenvalue weighted by Crippen LogP contribution is -1.89. The maximum atomic E-state index is 6.07. The van der Waals surface area contributed by atoms with Gasteiger partial charge in [0, 0.05) is 54.5 Å². The predicted molar refractivity (Wildman–Crippen MR) is 429 cm³/mol. The summed E-state index contributed by atoms with van der Waals surface area (Å²) in [6.45, 7) is 0. The summed E-state index contributed by atoms with van der Waals surface area (Å²) >= 11 is 51.7. The molecule has 0 amide bonds. The molecule has 26 heteroatoms. The van der Waals surface area contributed by atoms with E-state index >= 15 is 0 Å². The molecule has 490 valence electrons. The molecule has 0 aliphatic rings. The van der Waals surface area contributed by atoms with Gasteiger partial charge in [0.05, 0.1) is 35.0 Å². The first-order valence-corrected chi connectivity index (χ1v) is 38.5. The van der Waals surface area contributed by atoms with Crippen LogP contribution in [0.15, 0.2) is 256 Å². The molecule has 0 atom stereocenters. The molecule has 0 unspecified atom stereocenters. The fourth-order valence-corrected chi connectivity index (χ4v) is 16.4. The van der Waals surface area contributed by atoms with Crippen molar-refractivity contribution in [2.45, 2.75) is 0 Å². The highest BCUT2D eigenvalue weighted by molar-refractivity contribution is 7.18. The second-order valence-corrected chi connectivity index (χ2v) is 29.6. The van der Waals surface area contributed by atoms with Crippen LogP contribution < -0.4 is 0 Å². The highest BCUT2D eigenvalue weighted by Crippen LogP contribution is 2.36. The summed E-state index contributed by atoms with van der Waals surface area (Å²) in [6, 6.07) is 67.0. The van der Waals surface area contributed by atoms with Crippen LogP contribution in [0.1, 0.15) is 0 Å². The number of benzene rings is 5. The maximum absolute atomic E-state index is 6.07. The third-order valence-electron chi connectivity index (χ3n) is 14.3.